The second-order valence-corrected chi connectivity index (χ2v) is 12.9. The van der Waals surface area contributed by atoms with E-state index in [-0.39, 0.29) is 17.4 Å². The fourth-order valence-corrected chi connectivity index (χ4v) is 6.48. The predicted molar refractivity (Wildman–Crippen MR) is 200 cm³/mol. The van der Waals surface area contributed by atoms with E-state index in [2.05, 4.69) is 25.8 Å². The first kappa shape index (κ1) is 35.6. The van der Waals surface area contributed by atoms with Gasteiger partial charge in [0.2, 0.25) is 5.56 Å². The number of para-hydroxylation sites is 1. The average molecular weight is 692 g/mol. The van der Waals surface area contributed by atoms with Crippen LogP contribution >= 0.6 is 0 Å². The van der Waals surface area contributed by atoms with Crippen molar-refractivity contribution in [2.75, 3.05) is 49.9 Å². The number of carbonyl (C=O) groups is 1. The summed E-state index contributed by atoms with van der Waals surface area (Å²) in [6.07, 6.45) is 0.187. The summed E-state index contributed by atoms with van der Waals surface area (Å²) < 4.78 is 5.75. The predicted octanol–water partition coefficient (Wildman–Crippen LogP) is 5.25. The number of H-pyrrole nitrogens is 1. The van der Waals surface area contributed by atoms with Gasteiger partial charge in [-0.2, -0.15) is 0 Å². The number of ether oxygens (including phenoxy) is 1. The number of phenolic OH excluding ortho intramolecular Hbond substituents is 1. The van der Waals surface area contributed by atoms with Gasteiger partial charge in [0.25, 0.3) is 0 Å². The number of nitrogens with zero attached hydrogens (tertiary/aromatic N) is 1. The number of aliphatic hydroxyl groups excluding tert-OH is 2. The van der Waals surface area contributed by atoms with Crippen LogP contribution in [0.2, 0.25) is 0 Å². The molecule has 11 nitrogen and oxygen atoms in total. The van der Waals surface area contributed by atoms with Gasteiger partial charge in [0.1, 0.15) is 11.9 Å². The standard InChI is InChI=1S/C40H45N5O6/c46-30(26-45-22-19-31(20-23-45)51-40(50)43-35-9-5-4-8-32(35)28-6-2-1-3-7-28)24-42-29-12-10-27(11-13-29)18-21-41-25-37(48)33-14-16-36(47)39-34(33)15-17-38(49)44-39/h1-17,30-31,37,41-42,46-48H,18-26H2,(H,43,50)(H,44,49)/t30?,37-/m0/s1. The molecule has 2 heterocycles. The normalized spacial score (nSPS) is 14.9. The number of rotatable bonds is 14. The minimum absolute atomic E-state index is 0.0355. The van der Waals surface area contributed by atoms with E-state index in [9.17, 15) is 24.9 Å². The number of nitrogens with one attached hydrogen (secondary N) is 4. The van der Waals surface area contributed by atoms with E-state index in [1.807, 2.05) is 78.9 Å². The topological polar surface area (TPSA) is 159 Å². The summed E-state index contributed by atoms with van der Waals surface area (Å²) >= 11 is 0. The van der Waals surface area contributed by atoms with Gasteiger partial charge in [-0.3, -0.25) is 10.1 Å². The quantitative estimate of drug-likeness (QED) is 0.0773. The summed E-state index contributed by atoms with van der Waals surface area (Å²) in [5.74, 6) is -0.0355. The van der Waals surface area contributed by atoms with Crippen molar-refractivity contribution in [1.82, 2.24) is 15.2 Å². The molecule has 2 atom stereocenters. The molecule has 6 rings (SSSR count). The number of hydrogen-bond acceptors (Lipinski definition) is 9. The first-order valence-electron chi connectivity index (χ1n) is 17.4. The number of piperidine rings is 1. The molecule has 1 amide bonds. The van der Waals surface area contributed by atoms with Gasteiger partial charge < -0.3 is 40.6 Å². The van der Waals surface area contributed by atoms with E-state index >= 15 is 0 Å². The Morgan fingerprint density at radius 3 is 2.41 bits per heavy atom. The van der Waals surface area contributed by atoms with E-state index in [1.54, 1.807) is 12.1 Å². The van der Waals surface area contributed by atoms with Gasteiger partial charge in [0.15, 0.2) is 0 Å². The molecule has 7 N–H and O–H groups in total. The molecule has 1 unspecified atom stereocenters. The second kappa shape index (κ2) is 17.1. The number of β-amino-alcohol motifs (C(OH)–C–C–N with tert-alkyl or cyclic N) is 1. The molecule has 0 radical (unpaired) electrons. The van der Waals surface area contributed by atoms with Crippen molar-refractivity contribution in [1.29, 1.82) is 0 Å². The first-order chi connectivity index (χ1) is 24.8. The first-order valence-corrected chi connectivity index (χ1v) is 17.4. The van der Waals surface area contributed by atoms with E-state index < -0.39 is 18.3 Å². The molecule has 0 spiro atoms. The lowest BCUT2D eigenvalue weighted by Crippen LogP contribution is -2.43. The zero-order valence-corrected chi connectivity index (χ0v) is 28.4. The minimum Gasteiger partial charge on any atom is -0.506 e. The van der Waals surface area contributed by atoms with Crippen LogP contribution in [0.15, 0.2) is 108 Å². The minimum atomic E-state index is -0.808. The zero-order chi connectivity index (χ0) is 35.6. The monoisotopic (exact) mass is 691 g/mol. The number of aromatic nitrogens is 1. The number of aliphatic hydroxyl groups is 2. The molecule has 1 fully saturated rings. The Hall–Kier alpha value is -5.20. The molecule has 1 aliphatic heterocycles. The van der Waals surface area contributed by atoms with Crippen LogP contribution in [0.25, 0.3) is 22.0 Å². The largest absolute Gasteiger partial charge is 0.506 e. The highest BCUT2D eigenvalue weighted by atomic mass is 16.6. The van der Waals surface area contributed by atoms with E-state index in [0.29, 0.717) is 61.2 Å². The summed E-state index contributed by atoms with van der Waals surface area (Å²) in [6.45, 7) is 3.40. The molecular formula is C40H45N5O6. The van der Waals surface area contributed by atoms with Crippen molar-refractivity contribution in [3.8, 4) is 16.9 Å². The third-order valence-corrected chi connectivity index (χ3v) is 9.22. The van der Waals surface area contributed by atoms with Gasteiger partial charge in [-0.1, -0.05) is 66.7 Å². The maximum atomic E-state index is 12.7. The van der Waals surface area contributed by atoms with E-state index in [4.69, 9.17) is 4.74 Å². The Morgan fingerprint density at radius 1 is 0.882 bits per heavy atom. The maximum absolute atomic E-state index is 12.7. The molecule has 1 aliphatic rings. The van der Waals surface area contributed by atoms with Crippen LogP contribution in [0.3, 0.4) is 0 Å². The summed E-state index contributed by atoms with van der Waals surface area (Å²) in [4.78, 5) is 29.2. The highest BCUT2D eigenvalue weighted by Gasteiger charge is 2.24. The molecule has 0 aliphatic carbocycles. The molecule has 0 bridgehead atoms. The SMILES string of the molecule is O=C(Nc1ccccc1-c1ccccc1)OC1CCN(CC(O)CNc2ccc(CCNC[C@H](O)c3ccc(O)c4[nH]c(=O)ccc34)cc2)CC1. The van der Waals surface area contributed by atoms with Crippen LogP contribution < -0.4 is 21.5 Å². The molecule has 5 aromatic rings. The Balaban J connectivity index is 0.866. The molecule has 11 heteroatoms. The number of fused-ring (bicyclic) bond motifs is 1. The van der Waals surface area contributed by atoms with Crippen LogP contribution in [0.5, 0.6) is 5.75 Å². The fourth-order valence-electron chi connectivity index (χ4n) is 6.48. The van der Waals surface area contributed by atoms with E-state index in [0.717, 1.165) is 41.9 Å². The second-order valence-electron chi connectivity index (χ2n) is 12.9. The Morgan fingerprint density at radius 2 is 1.63 bits per heavy atom. The van der Waals surface area contributed by atoms with Crippen LogP contribution in [0.4, 0.5) is 16.2 Å². The molecule has 266 valence electrons. The summed E-state index contributed by atoms with van der Waals surface area (Å²) in [5.41, 5.74) is 5.36. The lowest BCUT2D eigenvalue weighted by atomic mass is 10.0. The zero-order valence-electron chi connectivity index (χ0n) is 28.4. The Labute approximate surface area is 296 Å². The number of aromatic hydroxyl groups is 1. The van der Waals surface area contributed by atoms with Crippen molar-refractivity contribution in [2.24, 2.45) is 0 Å². The Bertz CT molecular complexity index is 1940. The fraction of sp³-hybridized carbons (Fsp3) is 0.300. The number of hydrogen-bond donors (Lipinski definition) is 7. The number of benzene rings is 4. The van der Waals surface area contributed by atoms with Gasteiger partial charge in [0, 0.05) is 55.4 Å². The summed E-state index contributed by atoms with van der Waals surface area (Å²) in [7, 11) is 0. The lowest BCUT2D eigenvalue weighted by molar-refractivity contribution is 0.0415. The van der Waals surface area contributed by atoms with Crippen molar-refractivity contribution in [3.05, 3.63) is 125 Å². The van der Waals surface area contributed by atoms with Crippen LogP contribution in [0, 0.1) is 0 Å². The van der Waals surface area contributed by atoms with Crippen molar-refractivity contribution in [2.45, 2.75) is 37.6 Å². The number of carbonyl (C=O) groups excluding carboxylic acids is 1. The smallest absolute Gasteiger partial charge is 0.411 e. The number of amides is 1. The van der Waals surface area contributed by atoms with Gasteiger partial charge in [-0.25, -0.2) is 4.79 Å². The Kier molecular flexibility index (Phi) is 12.0. The van der Waals surface area contributed by atoms with Gasteiger partial charge in [-0.05, 0) is 72.8 Å². The summed E-state index contributed by atoms with van der Waals surface area (Å²) in [5, 5.41) is 41.7. The number of pyridine rings is 1. The number of aromatic amines is 1. The molecule has 4 aromatic carbocycles. The molecule has 51 heavy (non-hydrogen) atoms. The lowest BCUT2D eigenvalue weighted by Gasteiger charge is -2.32. The third-order valence-electron chi connectivity index (χ3n) is 9.22. The average Bonchev–Trinajstić information content (AvgIpc) is 3.14. The van der Waals surface area contributed by atoms with Crippen molar-refractivity contribution < 1.29 is 24.9 Å². The van der Waals surface area contributed by atoms with Crippen LogP contribution in [-0.2, 0) is 11.2 Å². The van der Waals surface area contributed by atoms with Crippen LogP contribution in [-0.4, -0.2) is 82.8 Å². The highest BCUT2D eigenvalue weighted by Crippen LogP contribution is 2.29. The van der Waals surface area contributed by atoms with Crippen molar-refractivity contribution in [3.63, 3.8) is 0 Å². The summed E-state index contributed by atoms with van der Waals surface area (Å²) in [6, 6.07) is 31.8. The highest BCUT2D eigenvalue weighted by molar-refractivity contribution is 5.91. The van der Waals surface area contributed by atoms with Crippen molar-refractivity contribution >= 4 is 28.4 Å². The number of anilines is 2. The third kappa shape index (κ3) is 9.74. The van der Waals surface area contributed by atoms with Crippen LogP contribution in [0.1, 0.15) is 30.1 Å². The van der Waals surface area contributed by atoms with Gasteiger partial charge >= 0.3 is 6.09 Å². The maximum Gasteiger partial charge on any atom is 0.411 e. The van der Waals surface area contributed by atoms with E-state index in [1.165, 1.54) is 12.1 Å². The van der Waals surface area contributed by atoms with Gasteiger partial charge in [0.05, 0.1) is 23.4 Å². The molecule has 1 saturated heterocycles. The molecular weight excluding hydrogens is 646 g/mol. The number of phenols is 1. The van der Waals surface area contributed by atoms with Gasteiger partial charge in [-0.15, -0.1) is 0 Å². The molecule has 0 saturated carbocycles. The number of likely N-dealkylation sites (tertiary alicyclic amines) is 1. The molecule has 1 aromatic heterocycles.